The molecule has 52 valence electrons. The smallest absolute Gasteiger partial charge is 0.119 e. The molecule has 1 atom stereocenters. The maximum Gasteiger partial charge on any atom is 0.119 e. The summed E-state index contributed by atoms with van der Waals surface area (Å²) in [4.78, 5) is 1.20. The zero-order chi connectivity index (χ0) is 7.56. The van der Waals surface area contributed by atoms with Gasteiger partial charge in [-0.25, -0.2) is 0 Å². The molecule has 1 unspecified atom stereocenters. The van der Waals surface area contributed by atoms with Gasteiger partial charge in [-0.05, 0) is 23.9 Å². The third-order valence-electron chi connectivity index (χ3n) is 1.25. The number of rotatable bonds is 1. The minimum atomic E-state index is -0.454. The van der Waals surface area contributed by atoms with Crippen molar-refractivity contribution in [1.29, 1.82) is 5.26 Å². The highest BCUT2D eigenvalue weighted by molar-refractivity contribution is 7.10. The van der Waals surface area contributed by atoms with E-state index in [1.807, 2.05) is 24.4 Å². The van der Waals surface area contributed by atoms with Crippen molar-refractivity contribution in [1.82, 2.24) is 0 Å². The van der Waals surface area contributed by atoms with E-state index in [0.717, 1.165) is 5.56 Å². The molecule has 0 bridgehead atoms. The molecule has 1 aromatic rings. The number of nitrogens with zero attached hydrogens (tertiary/aromatic N) is 1. The second-order valence-corrected chi connectivity index (χ2v) is 3.21. The second kappa shape index (κ2) is 2.82. The number of nitrogens with two attached hydrogens (primary N) is 1. The summed E-state index contributed by atoms with van der Waals surface area (Å²) in [7, 11) is 0. The van der Waals surface area contributed by atoms with Gasteiger partial charge in [-0.1, -0.05) is 0 Å². The maximum atomic E-state index is 8.43. The molecule has 0 amide bonds. The van der Waals surface area contributed by atoms with Crippen LogP contribution in [-0.2, 0) is 0 Å². The van der Waals surface area contributed by atoms with E-state index in [9.17, 15) is 0 Å². The van der Waals surface area contributed by atoms with Crippen LogP contribution in [0.25, 0.3) is 0 Å². The first-order valence-corrected chi connectivity index (χ1v) is 3.82. The molecular formula is C7H8N2S. The van der Waals surface area contributed by atoms with Crippen LogP contribution >= 0.6 is 11.3 Å². The van der Waals surface area contributed by atoms with Crippen molar-refractivity contribution in [2.45, 2.75) is 13.0 Å². The molecule has 10 heavy (non-hydrogen) atoms. The van der Waals surface area contributed by atoms with Crippen LogP contribution in [0.5, 0.6) is 0 Å². The van der Waals surface area contributed by atoms with Crippen LogP contribution in [0.15, 0.2) is 11.4 Å². The lowest BCUT2D eigenvalue weighted by atomic mass is 10.2. The molecule has 0 radical (unpaired) electrons. The zero-order valence-electron chi connectivity index (χ0n) is 5.66. The predicted octanol–water partition coefficient (Wildman–Crippen LogP) is 1.58. The van der Waals surface area contributed by atoms with Gasteiger partial charge in [0.15, 0.2) is 0 Å². The van der Waals surface area contributed by atoms with E-state index < -0.39 is 6.04 Å². The quantitative estimate of drug-likeness (QED) is 0.664. The lowest BCUT2D eigenvalue weighted by Gasteiger charge is -1.94. The van der Waals surface area contributed by atoms with Crippen molar-refractivity contribution in [2.24, 2.45) is 5.73 Å². The zero-order valence-corrected chi connectivity index (χ0v) is 6.48. The summed E-state index contributed by atoms with van der Waals surface area (Å²) in [5.74, 6) is 0. The van der Waals surface area contributed by atoms with E-state index >= 15 is 0 Å². The first kappa shape index (κ1) is 7.26. The molecule has 1 rings (SSSR count). The monoisotopic (exact) mass is 152 g/mol. The first-order chi connectivity index (χ1) is 4.74. The molecule has 0 aromatic carbocycles. The van der Waals surface area contributed by atoms with E-state index in [1.165, 1.54) is 4.88 Å². The maximum absolute atomic E-state index is 8.43. The average molecular weight is 152 g/mol. The lowest BCUT2D eigenvalue weighted by molar-refractivity contribution is 0.932. The van der Waals surface area contributed by atoms with Crippen molar-refractivity contribution < 1.29 is 0 Å². The molecule has 0 spiro atoms. The van der Waals surface area contributed by atoms with Gasteiger partial charge in [-0.3, -0.25) is 0 Å². The van der Waals surface area contributed by atoms with Crippen LogP contribution in [0.4, 0.5) is 0 Å². The van der Waals surface area contributed by atoms with E-state index in [-0.39, 0.29) is 0 Å². The Morgan fingerprint density at radius 3 is 2.90 bits per heavy atom. The summed E-state index contributed by atoms with van der Waals surface area (Å²) >= 11 is 1.62. The predicted molar refractivity (Wildman–Crippen MR) is 41.6 cm³/mol. The van der Waals surface area contributed by atoms with Gasteiger partial charge in [-0.2, -0.15) is 5.26 Å². The summed E-state index contributed by atoms with van der Waals surface area (Å²) in [6.07, 6.45) is 0. The Bertz CT molecular complexity index is 259. The minimum absolute atomic E-state index is 0.454. The van der Waals surface area contributed by atoms with Crippen LogP contribution in [-0.4, -0.2) is 0 Å². The SMILES string of the molecule is Cc1cc(C(N)C#N)cs1. The number of thiophene rings is 1. The van der Waals surface area contributed by atoms with E-state index in [0.29, 0.717) is 0 Å². The van der Waals surface area contributed by atoms with Crippen molar-refractivity contribution >= 4 is 11.3 Å². The van der Waals surface area contributed by atoms with Crippen LogP contribution in [0.2, 0.25) is 0 Å². The van der Waals surface area contributed by atoms with Gasteiger partial charge in [0.2, 0.25) is 0 Å². The van der Waals surface area contributed by atoms with Gasteiger partial charge in [0, 0.05) is 4.88 Å². The van der Waals surface area contributed by atoms with E-state index in [4.69, 9.17) is 11.0 Å². The summed E-state index contributed by atoms with van der Waals surface area (Å²) in [5.41, 5.74) is 6.37. The fourth-order valence-corrected chi connectivity index (χ4v) is 1.44. The highest BCUT2D eigenvalue weighted by atomic mass is 32.1. The third-order valence-corrected chi connectivity index (χ3v) is 2.13. The molecule has 0 saturated heterocycles. The summed E-state index contributed by atoms with van der Waals surface area (Å²) in [6.45, 7) is 2.00. The number of hydrogen-bond acceptors (Lipinski definition) is 3. The van der Waals surface area contributed by atoms with Gasteiger partial charge < -0.3 is 5.73 Å². The van der Waals surface area contributed by atoms with Gasteiger partial charge in [-0.15, -0.1) is 11.3 Å². The number of nitriles is 1. The van der Waals surface area contributed by atoms with Crippen molar-refractivity contribution in [3.05, 3.63) is 21.9 Å². The Morgan fingerprint density at radius 2 is 2.50 bits per heavy atom. The minimum Gasteiger partial charge on any atom is -0.312 e. The lowest BCUT2D eigenvalue weighted by Crippen LogP contribution is -2.05. The van der Waals surface area contributed by atoms with Gasteiger partial charge >= 0.3 is 0 Å². The molecule has 3 heteroatoms. The topological polar surface area (TPSA) is 49.8 Å². The Labute approximate surface area is 63.9 Å². The van der Waals surface area contributed by atoms with E-state index in [1.54, 1.807) is 11.3 Å². The molecule has 0 saturated carbocycles. The van der Waals surface area contributed by atoms with Crippen LogP contribution in [0, 0.1) is 18.3 Å². The fourth-order valence-electron chi connectivity index (χ4n) is 0.701. The molecule has 1 aromatic heterocycles. The normalized spacial score (nSPS) is 12.5. The Kier molecular flexibility index (Phi) is 2.05. The third kappa shape index (κ3) is 1.35. The standard InChI is InChI=1S/C7H8N2S/c1-5-2-6(4-10-5)7(9)3-8/h2,4,7H,9H2,1H3. The Morgan fingerprint density at radius 1 is 1.80 bits per heavy atom. The molecule has 0 aliphatic rings. The largest absolute Gasteiger partial charge is 0.312 e. The average Bonchev–Trinajstić information content (AvgIpc) is 2.34. The molecule has 0 aliphatic heterocycles. The molecule has 2 nitrogen and oxygen atoms in total. The Balaban J connectivity index is 2.87. The van der Waals surface area contributed by atoms with Gasteiger partial charge in [0.25, 0.3) is 0 Å². The van der Waals surface area contributed by atoms with Gasteiger partial charge in [0.05, 0.1) is 6.07 Å². The van der Waals surface area contributed by atoms with Crippen LogP contribution in [0.3, 0.4) is 0 Å². The van der Waals surface area contributed by atoms with E-state index in [2.05, 4.69) is 0 Å². The molecule has 2 N–H and O–H groups in total. The number of hydrogen-bond donors (Lipinski definition) is 1. The molecule has 0 aliphatic carbocycles. The number of aryl methyl sites for hydroxylation is 1. The van der Waals surface area contributed by atoms with Crippen LogP contribution < -0.4 is 5.73 Å². The van der Waals surface area contributed by atoms with Crippen molar-refractivity contribution in [3.8, 4) is 6.07 Å². The fraction of sp³-hybridized carbons (Fsp3) is 0.286. The summed E-state index contributed by atoms with van der Waals surface area (Å²) < 4.78 is 0. The molecule has 0 fully saturated rings. The molecule has 1 heterocycles. The van der Waals surface area contributed by atoms with Crippen LogP contribution in [0.1, 0.15) is 16.5 Å². The first-order valence-electron chi connectivity index (χ1n) is 2.94. The highest BCUT2D eigenvalue weighted by Crippen LogP contribution is 2.17. The van der Waals surface area contributed by atoms with Crippen molar-refractivity contribution in [3.63, 3.8) is 0 Å². The van der Waals surface area contributed by atoms with Crippen molar-refractivity contribution in [2.75, 3.05) is 0 Å². The summed E-state index contributed by atoms with van der Waals surface area (Å²) in [6, 6.07) is 3.47. The summed E-state index contributed by atoms with van der Waals surface area (Å²) in [5, 5.41) is 10.3. The van der Waals surface area contributed by atoms with Gasteiger partial charge in [0.1, 0.15) is 6.04 Å². The highest BCUT2D eigenvalue weighted by Gasteiger charge is 2.04. The second-order valence-electron chi connectivity index (χ2n) is 2.10. The Hall–Kier alpha value is -0.850. The molecular weight excluding hydrogens is 144 g/mol.